The third-order valence-electron chi connectivity index (χ3n) is 4.51. The molecule has 0 radical (unpaired) electrons. The van der Waals surface area contributed by atoms with Crippen LogP contribution in [0.4, 0.5) is 0 Å². The highest BCUT2D eigenvalue weighted by Crippen LogP contribution is 2.33. The van der Waals surface area contributed by atoms with E-state index in [0.29, 0.717) is 6.42 Å². The van der Waals surface area contributed by atoms with E-state index in [1.54, 1.807) is 10.8 Å². The number of carbonyl (C=O) groups excluding carboxylic acids is 1. The van der Waals surface area contributed by atoms with E-state index >= 15 is 0 Å². The third-order valence-corrected chi connectivity index (χ3v) is 4.51. The van der Waals surface area contributed by atoms with Gasteiger partial charge in [-0.15, -0.1) is 0 Å². The molecule has 2 heterocycles. The third kappa shape index (κ3) is 2.38. The molecule has 2 aromatic carbocycles. The van der Waals surface area contributed by atoms with Crippen LogP contribution in [-0.2, 0) is 6.42 Å². The maximum absolute atomic E-state index is 12.5. The highest BCUT2D eigenvalue weighted by Gasteiger charge is 2.25. The van der Waals surface area contributed by atoms with Crippen molar-refractivity contribution < 1.29 is 4.79 Å². The predicted molar refractivity (Wildman–Crippen MR) is 95.9 cm³/mol. The Morgan fingerprint density at radius 2 is 1.62 bits per heavy atom. The van der Waals surface area contributed by atoms with Crippen LogP contribution in [0.2, 0.25) is 0 Å². The minimum absolute atomic E-state index is 0.0726. The first-order chi connectivity index (χ1) is 11.6. The Balaban J connectivity index is 1.83. The van der Waals surface area contributed by atoms with Gasteiger partial charge in [0.25, 0.3) is 5.91 Å². The van der Waals surface area contributed by atoms with Gasteiger partial charge in [0.05, 0.1) is 11.4 Å². The van der Waals surface area contributed by atoms with Crippen molar-refractivity contribution in [3.05, 3.63) is 83.2 Å². The Hall–Kier alpha value is -2.94. The summed E-state index contributed by atoms with van der Waals surface area (Å²) in [4.78, 5) is 12.5. The van der Waals surface area contributed by atoms with Gasteiger partial charge >= 0.3 is 0 Å². The van der Waals surface area contributed by atoms with Crippen molar-refractivity contribution in [3.63, 3.8) is 0 Å². The molecule has 0 aliphatic carbocycles. The molecule has 0 saturated carbocycles. The maximum atomic E-state index is 12.5. The molecule has 1 aliphatic heterocycles. The average Bonchev–Trinajstić information content (AvgIpc) is 2.93. The maximum Gasteiger partial charge on any atom is 0.271 e. The fraction of sp³-hybridized carbons (Fsp3) is 0.143. The van der Waals surface area contributed by atoms with Crippen LogP contribution in [0.5, 0.6) is 0 Å². The van der Waals surface area contributed by atoms with Gasteiger partial charge in [0.15, 0.2) is 0 Å². The van der Waals surface area contributed by atoms with Crippen LogP contribution in [-0.4, -0.2) is 15.7 Å². The second-order valence-corrected chi connectivity index (χ2v) is 6.24. The zero-order valence-corrected chi connectivity index (χ0v) is 13.8. The number of rotatable bonds is 2. The molecule has 24 heavy (non-hydrogen) atoms. The van der Waals surface area contributed by atoms with Gasteiger partial charge in [-0.25, -0.2) is 4.68 Å². The molecule has 3 aromatic rings. The molecule has 0 bridgehead atoms. The van der Waals surface area contributed by atoms with Crippen LogP contribution in [0.3, 0.4) is 0 Å². The standard InChI is InChI=1S/C21H18N2O/c1-14-8-10-17(11-9-14)21-15(2)22-23-19(21)12-18(13-20(23)24)16-6-4-3-5-7-16/h3-11,13H,12H2,1-2H3. The normalized spacial score (nSPS) is 13.6. The lowest BCUT2D eigenvalue weighted by Gasteiger charge is -2.16. The van der Waals surface area contributed by atoms with Crippen LogP contribution in [0.25, 0.3) is 16.7 Å². The highest BCUT2D eigenvalue weighted by molar-refractivity contribution is 6.00. The second-order valence-electron chi connectivity index (χ2n) is 6.24. The van der Waals surface area contributed by atoms with E-state index in [4.69, 9.17) is 0 Å². The van der Waals surface area contributed by atoms with Crippen LogP contribution in [0.1, 0.15) is 27.3 Å². The molecular formula is C21H18N2O. The summed E-state index contributed by atoms with van der Waals surface area (Å²) >= 11 is 0. The fourth-order valence-electron chi connectivity index (χ4n) is 3.30. The minimum Gasteiger partial charge on any atom is -0.267 e. The topological polar surface area (TPSA) is 34.9 Å². The van der Waals surface area contributed by atoms with Gasteiger partial charge in [-0.1, -0.05) is 60.2 Å². The predicted octanol–water partition coefficient (Wildman–Crippen LogP) is 4.45. The number of carbonyl (C=O) groups is 1. The largest absolute Gasteiger partial charge is 0.271 e. The fourth-order valence-corrected chi connectivity index (χ4v) is 3.30. The Morgan fingerprint density at radius 3 is 2.33 bits per heavy atom. The summed E-state index contributed by atoms with van der Waals surface area (Å²) in [5.41, 5.74) is 7.41. The van der Waals surface area contributed by atoms with E-state index in [0.717, 1.165) is 33.7 Å². The summed E-state index contributed by atoms with van der Waals surface area (Å²) in [5, 5.41) is 4.48. The SMILES string of the molecule is Cc1ccc(-c2c(C)nn3c2CC(c2ccccc2)=CC3=O)cc1. The van der Waals surface area contributed by atoms with Gasteiger partial charge in [-0.2, -0.15) is 5.10 Å². The first-order valence-electron chi connectivity index (χ1n) is 8.09. The van der Waals surface area contributed by atoms with Crippen molar-refractivity contribution in [1.82, 2.24) is 9.78 Å². The van der Waals surface area contributed by atoms with Gasteiger partial charge in [-0.05, 0) is 30.5 Å². The first kappa shape index (κ1) is 14.6. The van der Waals surface area contributed by atoms with Crippen molar-refractivity contribution >= 4 is 11.5 Å². The van der Waals surface area contributed by atoms with E-state index < -0.39 is 0 Å². The van der Waals surface area contributed by atoms with Crippen molar-refractivity contribution in [3.8, 4) is 11.1 Å². The van der Waals surface area contributed by atoms with E-state index in [1.165, 1.54) is 5.56 Å². The smallest absolute Gasteiger partial charge is 0.267 e. The Bertz CT molecular complexity index is 948. The summed E-state index contributed by atoms with van der Waals surface area (Å²) in [6.45, 7) is 4.04. The molecule has 3 heteroatoms. The van der Waals surface area contributed by atoms with Crippen LogP contribution in [0, 0.1) is 13.8 Å². The highest BCUT2D eigenvalue weighted by atomic mass is 16.2. The molecule has 0 saturated heterocycles. The summed E-state index contributed by atoms with van der Waals surface area (Å²) in [6, 6.07) is 18.5. The molecule has 4 rings (SSSR count). The van der Waals surface area contributed by atoms with Crippen molar-refractivity contribution in [2.75, 3.05) is 0 Å². The lowest BCUT2D eigenvalue weighted by molar-refractivity contribution is 0.0948. The quantitative estimate of drug-likeness (QED) is 0.700. The number of aryl methyl sites for hydroxylation is 2. The second kappa shape index (κ2) is 5.60. The molecule has 0 unspecified atom stereocenters. The molecule has 1 aliphatic rings. The van der Waals surface area contributed by atoms with Crippen LogP contribution in [0.15, 0.2) is 60.7 Å². The number of hydrogen-bond donors (Lipinski definition) is 0. The van der Waals surface area contributed by atoms with E-state index in [-0.39, 0.29) is 5.91 Å². The molecule has 0 fully saturated rings. The molecule has 0 atom stereocenters. The number of fused-ring (bicyclic) bond motifs is 1. The number of nitrogens with zero attached hydrogens (tertiary/aromatic N) is 2. The van der Waals surface area contributed by atoms with Gasteiger partial charge in [0, 0.05) is 18.1 Å². The zero-order chi connectivity index (χ0) is 16.7. The molecule has 0 spiro atoms. The first-order valence-corrected chi connectivity index (χ1v) is 8.09. The number of benzene rings is 2. The Kier molecular flexibility index (Phi) is 3.42. The lowest BCUT2D eigenvalue weighted by atomic mass is 9.93. The van der Waals surface area contributed by atoms with Gasteiger partial charge in [0.1, 0.15) is 0 Å². The Morgan fingerprint density at radius 1 is 0.917 bits per heavy atom. The average molecular weight is 314 g/mol. The molecule has 0 amide bonds. The van der Waals surface area contributed by atoms with E-state index in [2.05, 4.69) is 36.3 Å². The summed E-state index contributed by atoms with van der Waals surface area (Å²) in [7, 11) is 0. The van der Waals surface area contributed by atoms with Gasteiger partial charge < -0.3 is 0 Å². The van der Waals surface area contributed by atoms with Gasteiger partial charge in [-0.3, -0.25) is 4.79 Å². The summed E-state index contributed by atoms with van der Waals surface area (Å²) in [6.07, 6.45) is 2.41. The molecule has 3 nitrogen and oxygen atoms in total. The number of aromatic nitrogens is 2. The van der Waals surface area contributed by atoms with Crippen LogP contribution >= 0.6 is 0 Å². The number of hydrogen-bond acceptors (Lipinski definition) is 2. The zero-order valence-electron chi connectivity index (χ0n) is 13.8. The monoisotopic (exact) mass is 314 g/mol. The van der Waals surface area contributed by atoms with Crippen LogP contribution < -0.4 is 0 Å². The molecule has 118 valence electrons. The van der Waals surface area contributed by atoms with Crippen molar-refractivity contribution in [1.29, 1.82) is 0 Å². The Labute approximate surface area is 141 Å². The molecule has 0 N–H and O–H groups in total. The molecule has 1 aromatic heterocycles. The van der Waals surface area contributed by atoms with Crippen molar-refractivity contribution in [2.24, 2.45) is 0 Å². The van der Waals surface area contributed by atoms with Crippen molar-refractivity contribution in [2.45, 2.75) is 20.3 Å². The van der Waals surface area contributed by atoms with Gasteiger partial charge in [0.2, 0.25) is 0 Å². The minimum atomic E-state index is -0.0726. The molecular weight excluding hydrogens is 296 g/mol. The van der Waals surface area contributed by atoms with E-state index in [9.17, 15) is 4.79 Å². The summed E-state index contributed by atoms with van der Waals surface area (Å²) in [5.74, 6) is -0.0726. The number of allylic oxidation sites excluding steroid dienone is 2. The lowest BCUT2D eigenvalue weighted by Crippen LogP contribution is -2.19. The summed E-state index contributed by atoms with van der Waals surface area (Å²) < 4.78 is 1.55. The van der Waals surface area contributed by atoms with E-state index in [1.807, 2.05) is 37.3 Å².